The monoisotopic (exact) mass is 512 g/mol. The number of fused-ring (bicyclic) bond motifs is 1. The van der Waals surface area contributed by atoms with E-state index >= 15 is 0 Å². The van der Waals surface area contributed by atoms with Crippen molar-refractivity contribution in [2.75, 3.05) is 24.5 Å². The quantitative estimate of drug-likeness (QED) is 0.240. The van der Waals surface area contributed by atoms with E-state index < -0.39 is 0 Å². The van der Waals surface area contributed by atoms with Crippen LogP contribution in [0.25, 0.3) is 11.7 Å². The third-order valence-corrected chi connectivity index (χ3v) is 8.33. The summed E-state index contributed by atoms with van der Waals surface area (Å²) in [6.45, 7) is 8.78. The molecule has 4 rings (SSSR count). The fourth-order valence-corrected chi connectivity index (χ4v) is 6.00. The van der Waals surface area contributed by atoms with E-state index in [4.69, 9.17) is 17.2 Å². The largest absolute Gasteiger partial charge is 0.356 e. The molecule has 35 heavy (non-hydrogen) atoms. The molecule has 0 bridgehead atoms. The molecule has 188 valence electrons. The van der Waals surface area contributed by atoms with Crippen molar-refractivity contribution in [2.45, 2.75) is 72.1 Å². The minimum absolute atomic E-state index is 0.0967. The molecule has 0 unspecified atom stereocenters. The van der Waals surface area contributed by atoms with Crippen LogP contribution in [0.2, 0.25) is 0 Å². The second-order valence-corrected chi connectivity index (χ2v) is 11.5. The summed E-state index contributed by atoms with van der Waals surface area (Å²) >= 11 is 6.84. The number of aromatic nitrogens is 2. The van der Waals surface area contributed by atoms with Gasteiger partial charge in [0.25, 0.3) is 11.5 Å². The molecule has 0 atom stereocenters. The number of unbranched alkanes of at least 4 members (excludes halogenated alkanes) is 5. The zero-order chi connectivity index (χ0) is 24.9. The highest BCUT2D eigenvalue weighted by atomic mass is 32.2. The van der Waals surface area contributed by atoms with Gasteiger partial charge in [0.15, 0.2) is 0 Å². The highest BCUT2D eigenvalue weighted by Gasteiger charge is 2.32. The molecule has 0 saturated carbocycles. The SMILES string of the molecule is CCCCCCCCN1C(=O)/C(=C\c2c(N3CCC(C)CC3)nc3ccc(C)cn3c2=O)SC1=S. The van der Waals surface area contributed by atoms with Crippen LogP contribution in [0.3, 0.4) is 0 Å². The van der Waals surface area contributed by atoms with E-state index in [9.17, 15) is 9.59 Å². The number of anilines is 1. The predicted molar refractivity (Wildman–Crippen MR) is 150 cm³/mol. The number of carbonyl (C=O) groups excluding carboxylic acids is 1. The van der Waals surface area contributed by atoms with Crippen molar-refractivity contribution < 1.29 is 4.79 Å². The van der Waals surface area contributed by atoms with Gasteiger partial charge in [-0.05, 0) is 49.8 Å². The Balaban J connectivity index is 1.63. The van der Waals surface area contributed by atoms with Gasteiger partial charge >= 0.3 is 0 Å². The van der Waals surface area contributed by atoms with E-state index in [0.29, 0.717) is 38.7 Å². The van der Waals surface area contributed by atoms with Crippen LogP contribution in [0.5, 0.6) is 0 Å². The molecule has 0 aliphatic carbocycles. The number of hydrogen-bond donors (Lipinski definition) is 0. The molecule has 2 saturated heterocycles. The number of rotatable bonds is 9. The Kier molecular flexibility index (Phi) is 8.65. The molecule has 0 spiro atoms. The van der Waals surface area contributed by atoms with Crippen LogP contribution in [-0.4, -0.2) is 44.1 Å². The van der Waals surface area contributed by atoms with E-state index in [2.05, 4.69) is 18.7 Å². The molecule has 2 aliphatic heterocycles. The summed E-state index contributed by atoms with van der Waals surface area (Å²) in [7, 11) is 0. The molecular formula is C27H36N4O2S2. The van der Waals surface area contributed by atoms with Gasteiger partial charge in [0, 0.05) is 25.8 Å². The maximum Gasteiger partial charge on any atom is 0.267 e. The van der Waals surface area contributed by atoms with Crippen molar-refractivity contribution in [2.24, 2.45) is 5.92 Å². The van der Waals surface area contributed by atoms with Crippen LogP contribution in [0, 0.1) is 12.8 Å². The van der Waals surface area contributed by atoms with Crippen molar-refractivity contribution >= 4 is 51.7 Å². The molecule has 2 aromatic rings. The molecule has 0 aromatic carbocycles. The predicted octanol–water partition coefficient (Wildman–Crippen LogP) is 5.80. The van der Waals surface area contributed by atoms with Gasteiger partial charge < -0.3 is 4.90 Å². The first-order valence-corrected chi connectivity index (χ1v) is 14.1. The van der Waals surface area contributed by atoms with Gasteiger partial charge in [-0.2, -0.15) is 0 Å². The number of piperidine rings is 1. The smallest absolute Gasteiger partial charge is 0.267 e. The Morgan fingerprint density at radius 1 is 1.11 bits per heavy atom. The Hall–Kier alpha value is -2.19. The summed E-state index contributed by atoms with van der Waals surface area (Å²) in [4.78, 5) is 36.2. The number of nitrogens with zero attached hydrogens (tertiary/aromatic N) is 4. The summed E-state index contributed by atoms with van der Waals surface area (Å²) in [6.07, 6.45) is 12.6. The van der Waals surface area contributed by atoms with Crippen LogP contribution in [-0.2, 0) is 4.79 Å². The number of aryl methyl sites for hydroxylation is 1. The van der Waals surface area contributed by atoms with E-state index in [1.165, 1.54) is 37.4 Å². The maximum absolute atomic E-state index is 13.6. The molecule has 2 aliphatic rings. The standard InChI is InChI=1S/C27H36N4O2S2/c1-4-5-6-7-8-9-14-30-26(33)22(35-27(30)34)17-21-24(29-15-12-19(2)13-16-29)28-23-11-10-20(3)18-31(23)25(21)32/h10-11,17-19H,4-9,12-16H2,1-3H3/b22-17+. The van der Waals surface area contributed by atoms with Gasteiger partial charge in [0.2, 0.25) is 0 Å². The molecule has 0 radical (unpaired) electrons. The Morgan fingerprint density at radius 2 is 1.83 bits per heavy atom. The summed E-state index contributed by atoms with van der Waals surface area (Å²) in [5.41, 5.74) is 1.94. The first kappa shape index (κ1) is 25.9. The normalized spacial score (nSPS) is 18.4. The van der Waals surface area contributed by atoms with Crippen LogP contribution in [0.1, 0.15) is 76.3 Å². The Bertz CT molecular complexity index is 1180. The number of hydrogen-bond acceptors (Lipinski definition) is 6. The van der Waals surface area contributed by atoms with E-state index in [1.807, 2.05) is 25.3 Å². The van der Waals surface area contributed by atoms with Crippen LogP contribution >= 0.6 is 24.0 Å². The average Bonchev–Trinajstić information content (AvgIpc) is 3.11. The molecule has 1 amide bonds. The highest BCUT2D eigenvalue weighted by Crippen LogP contribution is 2.34. The summed E-state index contributed by atoms with van der Waals surface area (Å²) in [5.74, 6) is 1.24. The first-order valence-electron chi connectivity index (χ1n) is 12.9. The van der Waals surface area contributed by atoms with Crippen molar-refractivity contribution in [1.29, 1.82) is 0 Å². The molecule has 8 heteroatoms. The molecule has 2 fully saturated rings. The second kappa shape index (κ2) is 11.7. The minimum atomic E-state index is -0.145. The second-order valence-electron chi connectivity index (χ2n) is 9.86. The molecule has 4 heterocycles. The summed E-state index contributed by atoms with van der Waals surface area (Å²) in [5, 5.41) is 0. The van der Waals surface area contributed by atoms with Gasteiger partial charge in [-0.1, -0.05) is 76.0 Å². The Morgan fingerprint density at radius 3 is 2.57 bits per heavy atom. The van der Waals surface area contributed by atoms with Crippen molar-refractivity contribution in [3.63, 3.8) is 0 Å². The van der Waals surface area contributed by atoms with Gasteiger partial charge in [-0.15, -0.1) is 0 Å². The van der Waals surface area contributed by atoms with Crippen molar-refractivity contribution in [3.8, 4) is 0 Å². The fourth-order valence-electron chi connectivity index (χ4n) is 4.71. The lowest BCUT2D eigenvalue weighted by Gasteiger charge is -2.32. The first-order chi connectivity index (χ1) is 16.9. The number of thioether (sulfide) groups is 1. The molecule has 0 N–H and O–H groups in total. The number of thiocarbonyl (C=S) groups is 1. The topological polar surface area (TPSA) is 57.9 Å². The zero-order valence-corrected chi connectivity index (χ0v) is 22.7. The molecule has 6 nitrogen and oxygen atoms in total. The third kappa shape index (κ3) is 5.97. The maximum atomic E-state index is 13.6. The number of pyridine rings is 1. The van der Waals surface area contributed by atoms with Gasteiger partial charge in [0.05, 0.1) is 10.5 Å². The van der Waals surface area contributed by atoms with Crippen molar-refractivity contribution in [1.82, 2.24) is 14.3 Å². The molecule has 2 aromatic heterocycles. The summed E-state index contributed by atoms with van der Waals surface area (Å²) < 4.78 is 2.17. The Labute approximate surface area is 217 Å². The third-order valence-electron chi connectivity index (χ3n) is 6.95. The van der Waals surface area contributed by atoms with Crippen LogP contribution in [0.4, 0.5) is 5.82 Å². The zero-order valence-electron chi connectivity index (χ0n) is 21.1. The summed E-state index contributed by atoms with van der Waals surface area (Å²) in [6, 6.07) is 3.85. The van der Waals surface area contributed by atoms with Crippen LogP contribution < -0.4 is 10.5 Å². The van der Waals surface area contributed by atoms with Gasteiger partial charge in [-0.25, -0.2) is 4.98 Å². The lowest BCUT2D eigenvalue weighted by molar-refractivity contribution is -0.122. The molecular weight excluding hydrogens is 476 g/mol. The minimum Gasteiger partial charge on any atom is -0.356 e. The lowest BCUT2D eigenvalue weighted by atomic mass is 9.99. The van der Waals surface area contributed by atoms with E-state index in [0.717, 1.165) is 44.3 Å². The van der Waals surface area contributed by atoms with E-state index in [1.54, 1.807) is 15.4 Å². The average molecular weight is 513 g/mol. The lowest BCUT2D eigenvalue weighted by Crippen LogP contribution is -2.36. The van der Waals surface area contributed by atoms with Crippen LogP contribution in [0.15, 0.2) is 28.0 Å². The number of amides is 1. The fraction of sp³-hybridized carbons (Fsp3) is 0.556. The van der Waals surface area contributed by atoms with Crippen molar-refractivity contribution in [3.05, 3.63) is 44.7 Å². The van der Waals surface area contributed by atoms with Gasteiger partial charge in [-0.3, -0.25) is 18.9 Å². The number of carbonyl (C=O) groups is 1. The van der Waals surface area contributed by atoms with Gasteiger partial charge in [0.1, 0.15) is 15.8 Å². The van der Waals surface area contributed by atoms with E-state index in [-0.39, 0.29) is 11.5 Å². The highest BCUT2D eigenvalue weighted by molar-refractivity contribution is 8.26.